The van der Waals surface area contributed by atoms with Crippen LogP contribution in [0.15, 0.2) is 46.4 Å². The third kappa shape index (κ3) is 5.85. The van der Waals surface area contributed by atoms with E-state index in [1.807, 2.05) is 6.92 Å². The van der Waals surface area contributed by atoms with E-state index in [0.29, 0.717) is 17.9 Å². The van der Waals surface area contributed by atoms with Crippen molar-refractivity contribution in [3.05, 3.63) is 42.0 Å². The number of hydrogen-bond donors (Lipinski definition) is 1. The summed E-state index contributed by atoms with van der Waals surface area (Å²) in [5.74, 6) is 0.619. The number of carbonyl (C=O) groups excluding carboxylic acids is 1. The number of nitrogens with one attached hydrogen (secondary N) is 1. The van der Waals surface area contributed by atoms with Gasteiger partial charge in [-0.05, 0) is 43.3 Å². The number of ether oxygens (including phenoxy) is 4. The molecule has 29 heavy (non-hydrogen) atoms. The average molecular weight is 422 g/mol. The Kier molecular flexibility index (Phi) is 7.43. The molecule has 0 bridgehead atoms. The Labute approximate surface area is 169 Å². The van der Waals surface area contributed by atoms with Gasteiger partial charge in [-0.3, -0.25) is 4.79 Å². The summed E-state index contributed by atoms with van der Waals surface area (Å²) in [5.41, 5.74) is 0.462. The van der Waals surface area contributed by atoms with Crippen molar-refractivity contribution in [2.45, 2.75) is 18.7 Å². The third-order valence-corrected chi connectivity index (χ3v) is 4.80. The van der Waals surface area contributed by atoms with E-state index in [9.17, 15) is 13.2 Å². The highest BCUT2D eigenvalue weighted by Gasteiger charge is 2.16. The van der Waals surface area contributed by atoms with Gasteiger partial charge in [-0.15, -0.1) is 0 Å². The highest BCUT2D eigenvalue weighted by molar-refractivity contribution is 7.89. The molecule has 0 radical (unpaired) electrons. The summed E-state index contributed by atoms with van der Waals surface area (Å²) in [7, 11) is -1.05. The fraction of sp³-hybridized carbons (Fsp3) is 0.263. The lowest BCUT2D eigenvalue weighted by Crippen LogP contribution is -2.18. The first-order valence-corrected chi connectivity index (χ1v) is 10.0. The minimum atomic E-state index is -3.85. The highest BCUT2D eigenvalue weighted by Crippen LogP contribution is 2.38. The first kappa shape index (κ1) is 22.0. The number of benzene rings is 2. The highest BCUT2D eigenvalue weighted by atomic mass is 32.2. The van der Waals surface area contributed by atoms with Crippen LogP contribution in [0, 0.1) is 0 Å². The molecule has 0 aliphatic rings. The van der Waals surface area contributed by atoms with Gasteiger partial charge < -0.3 is 18.9 Å². The van der Waals surface area contributed by atoms with E-state index >= 15 is 0 Å². The molecule has 156 valence electrons. The summed E-state index contributed by atoms with van der Waals surface area (Å²) in [5, 5.41) is 3.78. The van der Waals surface area contributed by atoms with Crippen molar-refractivity contribution in [3.63, 3.8) is 0 Å². The van der Waals surface area contributed by atoms with Gasteiger partial charge in [0.2, 0.25) is 5.75 Å². The zero-order valence-electron chi connectivity index (χ0n) is 16.5. The van der Waals surface area contributed by atoms with Gasteiger partial charge in [0.05, 0.1) is 31.9 Å². The van der Waals surface area contributed by atoms with Gasteiger partial charge in [0.25, 0.3) is 10.0 Å². The first-order valence-electron chi connectivity index (χ1n) is 8.53. The molecule has 0 aromatic heterocycles. The van der Waals surface area contributed by atoms with E-state index in [1.165, 1.54) is 51.6 Å². The minimum absolute atomic E-state index is 0.0403. The molecule has 2 rings (SSSR count). The summed E-state index contributed by atoms with van der Waals surface area (Å²) >= 11 is 0. The van der Waals surface area contributed by atoms with Crippen molar-refractivity contribution in [3.8, 4) is 23.0 Å². The normalized spacial score (nSPS) is 11.2. The number of carbonyl (C=O) groups is 1. The lowest BCUT2D eigenvalue weighted by molar-refractivity contribution is -0.132. The van der Waals surface area contributed by atoms with Gasteiger partial charge in [-0.25, -0.2) is 4.83 Å². The average Bonchev–Trinajstić information content (AvgIpc) is 2.69. The van der Waals surface area contributed by atoms with Gasteiger partial charge in [0.1, 0.15) is 5.75 Å². The van der Waals surface area contributed by atoms with E-state index in [0.717, 1.165) is 0 Å². The monoisotopic (exact) mass is 422 g/mol. The molecule has 0 aliphatic carbocycles. The third-order valence-electron chi connectivity index (χ3n) is 3.56. The van der Waals surface area contributed by atoms with E-state index in [2.05, 4.69) is 9.93 Å². The fourth-order valence-corrected chi connectivity index (χ4v) is 3.11. The van der Waals surface area contributed by atoms with Crippen LogP contribution in [0.1, 0.15) is 19.4 Å². The quantitative estimate of drug-likeness (QED) is 0.286. The van der Waals surface area contributed by atoms with Crippen LogP contribution >= 0.6 is 0 Å². The molecule has 1 N–H and O–H groups in total. The lowest BCUT2D eigenvalue weighted by atomic mass is 10.2. The zero-order valence-corrected chi connectivity index (χ0v) is 17.3. The molecule has 0 atom stereocenters. The Hall–Kier alpha value is -3.27. The molecule has 0 fully saturated rings. The number of methoxy groups -OCH3 is 2. The fourth-order valence-electron chi connectivity index (χ4n) is 2.32. The van der Waals surface area contributed by atoms with Crippen molar-refractivity contribution in [2.75, 3.05) is 20.8 Å². The Balaban J connectivity index is 2.21. The molecule has 10 heteroatoms. The van der Waals surface area contributed by atoms with Crippen LogP contribution in [0.5, 0.6) is 23.0 Å². The van der Waals surface area contributed by atoms with Crippen LogP contribution in [0.3, 0.4) is 0 Å². The van der Waals surface area contributed by atoms with Gasteiger partial charge in [-0.2, -0.15) is 13.5 Å². The number of hydrazone groups is 1. The first-order chi connectivity index (χ1) is 13.8. The lowest BCUT2D eigenvalue weighted by Gasteiger charge is -2.13. The smallest absolute Gasteiger partial charge is 0.308 e. The zero-order chi connectivity index (χ0) is 21.4. The maximum absolute atomic E-state index is 12.3. The van der Waals surface area contributed by atoms with Crippen molar-refractivity contribution < 1.29 is 32.2 Å². The summed E-state index contributed by atoms with van der Waals surface area (Å²) in [4.78, 5) is 13.4. The number of hydrogen-bond acceptors (Lipinski definition) is 8. The topological polar surface area (TPSA) is 113 Å². The number of sulfonamides is 1. The van der Waals surface area contributed by atoms with E-state index < -0.39 is 16.0 Å². The molecular weight excluding hydrogens is 400 g/mol. The number of esters is 1. The SMILES string of the molecule is CCOc1ccc(S(=O)(=O)N/N=C\c2cc(OC)c(OC(C)=O)c(OC)c2)cc1. The Bertz CT molecular complexity index is 961. The molecule has 0 unspecified atom stereocenters. The second kappa shape index (κ2) is 9.78. The predicted octanol–water partition coefficient (Wildman–Crippen LogP) is 2.34. The number of nitrogens with zero attached hydrogens (tertiary/aromatic N) is 1. The van der Waals surface area contributed by atoms with E-state index in [1.54, 1.807) is 12.1 Å². The Morgan fingerprint density at radius 2 is 1.69 bits per heavy atom. The summed E-state index contributed by atoms with van der Waals surface area (Å²) in [6.45, 7) is 3.57. The molecule has 2 aromatic rings. The second-order valence-electron chi connectivity index (χ2n) is 5.61. The molecule has 0 saturated heterocycles. The molecule has 9 nitrogen and oxygen atoms in total. The molecule has 0 saturated carbocycles. The number of rotatable bonds is 9. The summed E-state index contributed by atoms with van der Waals surface area (Å²) in [6, 6.07) is 9.01. The van der Waals surface area contributed by atoms with Crippen molar-refractivity contribution in [2.24, 2.45) is 5.10 Å². The molecular formula is C19H22N2O7S. The Morgan fingerprint density at radius 3 is 2.17 bits per heavy atom. The maximum Gasteiger partial charge on any atom is 0.308 e. The standard InChI is InChI=1S/C19H22N2O7S/c1-5-27-15-6-8-16(9-7-15)29(23,24)21-20-12-14-10-17(25-3)19(28-13(2)22)18(11-14)26-4/h6-12,21H,5H2,1-4H3/b20-12-. The molecule has 0 heterocycles. The van der Waals surface area contributed by atoms with E-state index in [4.69, 9.17) is 18.9 Å². The summed E-state index contributed by atoms with van der Waals surface area (Å²) < 4.78 is 45.5. The van der Waals surface area contributed by atoms with Gasteiger partial charge in [0, 0.05) is 12.5 Å². The van der Waals surface area contributed by atoms with Crippen LogP contribution in [0.25, 0.3) is 0 Å². The van der Waals surface area contributed by atoms with Crippen molar-refractivity contribution >= 4 is 22.2 Å². The second-order valence-corrected chi connectivity index (χ2v) is 7.27. The maximum atomic E-state index is 12.3. The van der Waals surface area contributed by atoms with Crippen LogP contribution in [-0.2, 0) is 14.8 Å². The molecule has 2 aromatic carbocycles. The van der Waals surface area contributed by atoms with Crippen LogP contribution in [0.4, 0.5) is 0 Å². The summed E-state index contributed by atoms with van der Waals surface area (Å²) in [6.07, 6.45) is 1.27. The minimum Gasteiger partial charge on any atom is -0.494 e. The Morgan fingerprint density at radius 1 is 1.10 bits per heavy atom. The van der Waals surface area contributed by atoms with E-state index in [-0.39, 0.29) is 22.1 Å². The predicted molar refractivity (Wildman–Crippen MR) is 106 cm³/mol. The van der Waals surface area contributed by atoms with Crippen molar-refractivity contribution in [1.29, 1.82) is 0 Å². The molecule has 0 spiro atoms. The van der Waals surface area contributed by atoms with Crippen molar-refractivity contribution in [1.82, 2.24) is 4.83 Å². The van der Waals surface area contributed by atoms with Crippen LogP contribution < -0.4 is 23.8 Å². The van der Waals surface area contributed by atoms with Gasteiger partial charge in [0.15, 0.2) is 11.5 Å². The van der Waals surface area contributed by atoms with Gasteiger partial charge in [-0.1, -0.05) is 0 Å². The van der Waals surface area contributed by atoms with Crippen LogP contribution in [-0.4, -0.2) is 41.4 Å². The van der Waals surface area contributed by atoms with Crippen LogP contribution in [0.2, 0.25) is 0 Å². The van der Waals surface area contributed by atoms with Gasteiger partial charge >= 0.3 is 5.97 Å². The molecule has 0 amide bonds. The molecule has 0 aliphatic heterocycles. The largest absolute Gasteiger partial charge is 0.494 e.